The second kappa shape index (κ2) is 8.45. The number of aryl methyl sites for hydroxylation is 1. The summed E-state index contributed by atoms with van der Waals surface area (Å²) in [5.74, 6) is 0.227. The number of anilines is 1. The van der Waals surface area contributed by atoms with Gasteiger partial charge in [0, 0.05) is 25.6 Å². The third-order valence-electron chi connectivity index (χ3n) is 5.26. The van der Waals surface area contributed by atoms with Crippen molar-refractivity contribution in [2.45, 2.75) is 45.3 Å². The monoisotopic (exact) mass is 398 g/mol. The molecule has 0 spiro atoms. The minimum absolute atomic E-state index is 0.00812. The van der Waals surface area contributed by atoms with Crippen LogP contribution in [0.5, 0.6) is 0 Å². The van der Waals surface area contributed by atoms with Gasteiger partial charge in [-0.1, -0.05) is 30.3 Å². The number of hydrogen-bond acceptors (Lipinski definition) is 4. The zero-order valence-corrected chi connectivity index (χ0v) is 17.0. The summed E-state index contributed by atoms with van der Waals surface area (Å²) in [4.78, 5) is 28.0. The van der Waals surface area contributed by atoms with E-state index < -0.39 is 0 Å². The first kappa shape index (κ1) is 19.2. The number of nitrogens with one attached hydrogen (secondary N) is 1. The molecule has 2 heterocycles. The maximum absolute atomic E-state index is 13.4. The second-order valence-corrected chi connectivity index (χ2v) is 8.74. The van der Waals surface area contributed by atoms with Crippen molar-refractivity contribution in [3.63, 3.8) is 0 Å². The van der Waals surface area contributed by atoms with E-state index in [1.165, 1.54) is 11.3 Å². The lowest BCUT2D eigenvalue weighted by Gasteiger charge is -2.25. The predicted molar refractivity (Wildman–Crippen MR) is 111 cm³/mol. The van der Waals surface area contributed by atoms with Crippen LogP contribution >= 0.6 is 11.3 Å². The van der Waals surface area contributed by atoms with E-state index in [0.29, 0.717) is 18.0 Å². The number of thiophene rings is 1. The molecule has 28 heavy (non-hydrogen) atoms. The number of rotatable bonds is 7. The van der Waals surface area contributed by atoms with Gasteiger partial charge < -0.3 is 15.0 Å². The van der Waals surface area contributed by atoms with Crippen LogP contribution in [0.1, 0.15) is 46.5 Å². The summed E-state index contributed by atoms with van der Waals surface area (Å²) < 4.78 is 5.78. The summed E-state index contributed by atoms with van der Waals surface area (Å²) in [5, 5.41) is 3.72. The molecule has 5 nitrogen and oxygen atoms in total. The number of amides is 2. The molecule has 2 aliphatic rings. The lowest BCUT2D eigenvalue weighted by atomic mass is 10.1. The van der Waals surface area contributed by atoms with Gasteiger partial charge in [0.15, 0.2) is 0 Å². The maximum atomic E-state index is 13.4. The molecule has 1 unspecified atom stereocenters. The number of ether oxygens (including phenoxy) is 1. The molecule has 1 aromatic carbocycles. The van der Waals surface area contributed by atoms with Gasteiger partial charge in [-0.15, -0.1) is 11.3 Å². The Balaban J connectivity index is 1.51. The number of hydrogen-bond donors (Lipinski definition) is 1. The predicted octanol–water partition coefficient (Wildman–Crippen LogP) is 4.23. The Labute approximate surface area is 169 Å². The van der Waals surface area contributed by atoms with E-state index in [9.17, 15) is 9.59 Å². The summed E-state index contributed by atoms with van der Waals surface area (Å²) in [6.07, 6.45) is 4.07. The molecule has 1 aromatic heterocycles. The van der Waals surface area contributed by atoms with Gasteiger partial charge in [0.2, 0.25) is 5.91 Å². The van der Waals surface area contributed by atoms with Crippen molar-refractivity contribution in [1.82, 2.24) is 4.90 Å². The van der Waals surface area contributed by atoms with Crippen LogP contribution in [0.4, 0.5) is 5.00 Å². The molecule has 1 saturated heterocycles. The minimum Gasteiger partial charge on any atom is -0.376 e. The molecule has 4 rings (SSSR count). The average molecular weight is 399 g/mol. The van der Waals surface area contributed by atoms with E-state index in [0.717, 1.165) is 48.4 Å². The Morgan fingerprint density at radius 2 is 2.00 bits per heavy atom. The summed E-state index contributed by atoms with van der Waals surface area (Å²) in [6.45, 7) is 3.85. The van der Waals surface area contributed by atoms with Crippen molar-refractivity contribution in [1.29, 1.82) is 0 Å². The van der Waals surface area contributed by atoms with Crippen LogP contribution < -0.4 is 5.32 Å². The molecule has 1 aliphatic carbocycles. The Kier molecular flexibility index (Phi) is 5.78. The fourth-order valence-electron chi connectivity index (χ4n) is 3.53. The summed E-state index contributed by atoms with van der Waals surface area (Å²) in [5.41, 5.74) is 2.01. The SMILES string of the molecule is Cc1cc(NC(=O)C2CC2)sc1C(=O)N(Cc1ccccc1)CC1CCCO1. The average Bonchev–Trinajstić information content (AvgIpc) is 3.31. The number of carbonyl (C=O) groups excluding carboxylic acids is 2. The fraction of sp³-hybridized carbons (Fsp3) is 0.455. The van der Waals surface area contributed by atoms with E-state index in [1.54, 1.807) is 0 Å². The summed E-state index contributed by atoms with van der Waals surface area (Å²) >= 11 is 1.37. The Hall–Kier alpha value is -2.18. The third-order valence-corrected chi connectivity index (χ3v) is 6.40. The van der Waals surface area contributed by atoms with Gasteiger partial charge in [0.25, 0.3) is 5.91 Å². The van der Waals surface area contributed by atoms with Crippen LogP contribution in [0.15, 0.2) is 36.4 Å². The number of benzene rings is 1. The Bertz CT molecular complexity index is 839. The molecule has 0 radical (unpaired) electrons. The number of carbonyl (C=O) groups is 2. The van der Waals surface area contributed by atoms with Crippen LogP contribution in [0.25, 0.3) is 0 Å². The largest absolute Gasteiger partial charge is 0.376 e. The van der Waals surface area contributed by atoms with Gasteiger partial charge in [-0.05, 0) is 49.8 Å². The van der Waals surface area contributed by atoms with Gasteiger partial charge in [-0.3, -0.25) is 9.59 Å². The zero-order valence-electron chi connectivity index (χ0n) is 16.1. The topological polar surface area (TPSA) is 58.6 Å². The van der Waals surface area contributed by atoms with Crippen molar-refractivity contribution in [3.8, 4) is 0 Å². The van der Waals surface area contributed by atoms with E-state index in [-0.39, 0.29) is 23.8 Å². The first-order chi connectivity index (χ1) is 13.6. The van der Waals surface area contributed by atoms with Crippen LogP contribution in [-0.4, -0.2) is 36.0 Å². The van der Waals surface area contributed by atoms with Gasteiger partial charge in [-0.25, -0.2) is 0 Å². The van der Waals surface area contributed by atoms with E-state index in [1.807, 2.05) is 48.2 Å². The second-order valence-electron chi connectivity index (χ2n) is 7.69. The van der Waals surface area contributed by atoms with E-state index in [4.69, 9.17) is 4.74 Å². The smallest absolute Gasteiger partial charge is 0.264 e. The van der Waals surface area contributed by atoms with Gasteiger partial charge >= 0.3 is 0 Å². The number of nitrogens with zero attached hydrogens (tertiary/aromatic N) is 1. The fourth-order valence-corrected chi connectivity index (χ4v) is 4.57. The molecular formula is C22H26N2O3S. The van der Waals surface area contributed by atoms with Crippen LogP contribution in [0.2, 0.25) is 0 Å². The van der Waals surface area contributed by atoms with Crippen molar-refractivity contribution < 1.29 is 14.3 Å². The molecule has 1 aliphatic heterocycles. The highest BCUT2D eigenvalue weighted by Crippen LogP contribution is 2.33. The zero-order chi connectivity index (χ0) is 19.5. The molecule has 2 amide bonds. The molecule has 6 heteroatoms. The summed E-state index contributed by atoms with van der Waals surface area (Å²) in [7, 11) is 0. The van der Waals surface area contributed by atoms with Crippen molar-refractivity contribution in [3.05, 3.63) is 52.4 Å². The molecule has 1 saturated carbocycles. The first-order valence-corrected chi connectivity index (χ1v) is 10.8. The van der Waals surface area contributed by atoms with Crippen molar-refractivity contribution in [2.24, 2.45) is 5.92 Å². The Morgan fingerprint density at radius 3 is 2.68 bits per heavy atom. The molecule has 1 atom stereocenters. The van der Waals surface area contributed by atoms with Gasteiger partial charge in [0.1, 0.15) is 0 Å². The first-order valence-electron chi connectivity index (χ1n) is 9.96. The third kappa shape index (κ3) is 4.62. The summed E-state index contributed by atoms with van der Waals surface area (Å²) in [6, 6.07) is 12.0. The van der Waals surface area contributed by atoms with E-state index >= 15 is 0 Å². The molecule has 0 bridgehead atoms. The highest BCUT2D eigenvalue weighted by molar-refractivity contribution is 7.18. The lowest BCUT2D eigenvalue weighted by molar-refractivity contribution is -0.117. The van der Waals surface area contributed by atoms with Crippen molar-refractivity contribution >= 4 is 28.2 Å². The van der Waals surface area contributed by atoms with Gasteiger partial charge in [-0.2, -0.15) is 0 Å². The maximum Gasteiger partial charge on any atom is 0.264 e. The molecule has 1 N–H and O–H groups in total. The molecule has 2 fully saturated rings. The lowest BCUT2D eigenvalue weighted by Crippen LogP contribution is -2.36. The van der Waals surface area contributed by atoms with E-state index in [2.05, 4.69) is 5.32 Å². The van der Waals surface area contributed by atoms with Crippen molar-refractivity contribution in [2.75, 3.05) is 18.5 Å². The normalized spacial score (nSPS) is 18.8. The standard InChI is InChI=1S/C22H26N2O3S/c1-15-12-19(23-21(25)17-9-10-17)28-20(15)22(26)24(14-18-8-5-11-27-18)13-16-6-3-2-4-7-16/h2-4,6-7,12,17-18H,5,8-11,13-14H2,1H3,(H,23,25). The molecule has 148 valence electrons. The molecule has 2 aromatic rings. The quantitative estimate of drug-likeness (QED) is 0.759. The minimum atomic E-state index is 0.00812. The van der Waals surface area contributed by atoms with Crippen LogP contribution in [0.3, 0.4) is 0 Å². The highest BCUT2D eigenvalue weighted by Gasteiger charge is 2.31. The Morgan fingerprint density at radius 1 is 1.21 bits per heavy atom. The van der Waals surface area contributed by atoms with Crippen LogP contribution in [-0.2, 0) is 16.1 Å². The van der Waals surface area contributed by atoms with Gasteiger partial charge in [0.05, 0.1) is 16.0 Å². The van der Waals surface area contributed by atoms with Crippen LogP contribution in [0, 0.1) is 12.8 Å². The highest BCUT2D eigenvalue weighted by atomic mass is 32.1. The molecular weight excluding hydrogens is 372 g/mol.